The lowest BCUT2D eigenvalue weighted by Gasteiger charge is -2.34. The van der Waals surface area contributed by atoms with Gasteiger partial charge >= 0.3 is 0 Å². The molecule has 21 heteroatoms. The van der Waals surface area contributed by atoms with Gasteiger partial charge < -0.3 is 44.9 Å². The van der Waals surface area contributed by atoms with Crippen molar-refractivity contribution in [2.24, 2.45) is 5.92 Å². The van der Waals surface area contributed by atoms with Crippen LogP contribution in [-0.4, -0.2) is 135 Å². The van der Waals surface area contributed by atoms with Gasteiger partial charge in [0.05, 0.1) is 64.6 Å². The van der Waals surface area contributed by atoms with Gasteiger partial charge in [-0.25, -0.2) is 19.3 Å². The summed E-state index contributed by atoms with van der Waals surface area (Å²) in [7, 11) is 1.58. The van der Waals surface area contributed by atoms with E-state index in [0.717, 1.165) is 79.9 Å². The lowest BCUT2D eigenvalue weighted by molar-refractivity contribution is -0.141. The van der Waals surface area contributed by atoms with Gasteiger partial charge in [0.15, 0.2) is 11.5 Å². The van der Waals surface area contributed by atoms with E-state index in [2.05, 4.69) is 41.0 Å². The van der Waals surface area contributed by atoms with E-state index in [-0.39, 0.29) is 48.0 Å². The van der Waals surface area contributed by atoms with Gasteiger partial charge in [0.25, 0.3) is 0 Å². The highest BCUT2D eigenvalue weighted by Crippen LogP contribution is 2.36. The molecule has 2 aliphatic rings. The van der Waals surface area contributed by atoms with Crippen molar-refractivity contribution >= 4 is 69.0 Å². The van der Waals surface area contributed by atoms with Crippen LogP contribution in [0.4, 0.5) is 15.9 Å². The van der Waals surface area contributed by atoms with Crippen molar-refractivity contribution in [3.63, 3.8) is 0 Å². The molecule has 2 saturated heterocycles. The molecular weight excluding hydrogens is 1040 g/mol. The fourth-order valence-corrected chi connectivity index (χ4v) is 11.1. The topological polar surface area (TPSA) is 217 Å². The Bertz CT molecular complexity index is 3010. The number of nitrogens with one attached hydrogen (secondary N) is 3. The number of fused-ring (bicyclic) bond motifs is 1. The van der Waals surface area contributed by atoms with E-state index in [1.165, 1.54) is 34.7 Å². The summed E-state index contributed by atoms with van der Waals surface area (Å²) < 4.78 is 31.1. The highest BCUT2D eigenvalue weighted by molar-refractivity contribution is 7.13. The molecule has 2 fully saturated rings. The number of halogens is 2. The number of hydrogen-bond acceptors (Lipinski definition) is 15. The Hall–Kier alpha value is -6.74. The molecule has 8 rings (SSSR count). The lowest BCUT2D eigenvalue weighted by Crippen LogP contribution is -2.49. The maximum atomic E-state index is 14.2. The highest BCUT2D eigenvalue weighted by Gasteiger charge is 2.44. The van der Waals surface area contributed by atoms with Gasteiger partial charge in [-0.05, 0) is 74.4 Å². The van der Waals surface area contributed by atoms with Crippen molar-refractivity contribution in [2.75, 3.05) is 64.8 Å². The molecule has 4 N–H and O–H groups in total. The summed E-state index contributed by atoms with van der Waals surface area (Å²) >= 11 is 7.54. The Balaban J connectivity index is 0.739. The van der Waals surface area contributed by atoms with Gasteiger partial charge in [0.1, 0.15) is 35.7 Å². The molecule has 78 heavy (non-hydrogen) atoms. The summed E-state index contributed by atoms with van der Waals surface area (Å²) in [6, 6.07) is 15.8. The number of unbranched alkanes of at least 4 members (excludes halogenated alkanes) is 4. The Morgan fingerprint density at radius 2 is 1.69 bits per heavy atom. The van der Waals surface area contributed by atoms with Crippen LogP contribution in [0.2, 0.25) is 5.02 Å². The van der Waals surface area contributed by atoms with Crippen molar-refractivity contribution in [3.8, 4) is 21.9 Å². The number of aliphatic hydroxyl groups excluding tert-OH is 1. The van der Waals surface area contributed by atoms with E-state index in [9.17, 15) is 28.7 Å². The smallest absolute Gasteiger partial charge is 0.243 e. The highest BCUT2D eigenvalue weighted by atomic mass is 35.5. The predicted octanol–water partition coefficient (Wildman–Crippen LogP) is 8.92. The quantitative estimate of drug-likeness (QED) is 0.0394. The Morgan fingerprint density at radius 1 is 0.923 bits per heavy atom. The van der Waals surface area contributed by atoms with E-state index in [4.69, 9.17) is 25.6 Å². The largest absolute Gasteiger partial charge is 0.493 e. The van der Waals surface area contributed by atoms with Crippen LogP contribution in [0.5, 0.6) is 11.5 Å². The van der Waals surface area contributed by atoms with Gasteiger partial charge in [0.2, 0.25) is 23.6 Å². The number of nitrogens with zero attached hydrogens (tertiary/aromatic N) is 7. The standard InChI is InChI=1S/C57H70ClFN10O8S/c1-35(2)53(50-26-36(3)66-77-50)57(74)69-32-41(70)28-47(69)56(73)65-45(38-13-15-39(16-14-38)54-37(4)63-34-78-54)31-51(71)60-19-10-8-6-7-9-12-52(72)68-23-21-67(22-24-68)20-11-25-76-49-29-42-46(30-48(49)75-5)61-33-62-55(42)64-40-17-18-44(59)43(58)27-40/h13-18,26-27,29-30,33-35,41,45,47,53,70H,6-12,19-25,28,31-32H2,1-5H3,(H,60,71)(H,65,73)(H,61,62,64)/t41-,45+,47+,53-/m1/s1. The molecule has 416 valence electrons. The first-order valence-corrected chi connectivity index (χ1v) is 28.1. The molecule has 0 bridgehead atoms. The zero-order valence-electron chi connectivity index (χ0n) is 44.9. The number of rotatable bonds is 25. The second-order valence-electron chi connectivity index (χ2n) is 20.4. The van der Waals surface area contributed by atoms with Crippen LogP contribution < -0.4 is 25.4 Å². The number of ether oxygens (including phenoxy) is 2. The fraction of sp³-hybridized carbons (Fsp3) is 0.474. The number of likely N-dealkylation sites (tertiary alicyclic amines) is 1. The molecule has 5 heterocycles. The van der Waals surface area contributed by atoms with Crippen molar-refractivity contribution in [2.45, 2.75) is 110 Å². The first-order chi connectivity index (χ1) is 37.6. The molecule has 0 aliphatic carbocycles. The first-order valence-electron chi connectivity index (χ1n) is 26.8. The van der Waals surface area contributed by atoms with Gasteiger partial charge in [-0.1, -0.05) is 74.1 Å². The maximum Gasteiger partial charge on any atom is 0.243 e. The number of β-amino-alcohol motifs (C(OH)–C–C–N with tert-alkyl or cyclic N) is 1. The van der Waals surface area contributed by atoms with Crippen LogP contribution in [-0.2, 0) is 19.2 Å². The van der Waals surface area contributed by atoms with Crippen LogP contribution in [0.1, 0.15) is 106 Å². The minimum atomic E-state index is -0.948. The molecule has 4 amide bonds. The zero-order chi connectivity index (χ0) is 55.3. The monoisotopic (exact) mass is 1110 g/mol. The van der Waals surface area contributed by atoms with Crippen LogP contribution in [0.15, 0.2) is 77.0 Å². The number of aromatic nitrogens is 4. The normalized spacial score (nSPS) is 16.6. The van der Waals surface area contributed by atoms with E-state index in [0.29, 0.717) is 78.0 Å². The predicted molar refractivity (Wildman–Crippen MR) is 297 cm³/mol. The molecule has 6 aromatic rings. The van der Waals surface area contributed by atoms with Gasteiger partial charge in [0, 0.05) is 81.9 Å². The summed E-state index contributed by atoms with van der Waals surface area (Å²) in [5, 5.41) is 24.8. The van der Waals surface area contributed by atoms with Crippen LogP contribution >= 0.6 is 22.9 Å². The molecule has 2 aliphatic heterocycles. The number of amides is 4. The zero-order valence-corrected chi connectivity index (χ0v) is 46.5. The van der Waals surface area contributed by atoms with E-state index in [1.807, 2.05) is 56.0 Å². The molecule has 0 unspecified atom stereocenters. The molecule has 4 atom stereocenters. The minimum Gasteiger partial charge on any atom is -0.493 e. The molecule has 0 saturated carbocycles. The number of thiazole rings is 1. The summed E-state index contributed by atoms with van der Waals surface area (Å²) in [5.74, 6) is -0.165. The van der Waals surface area contributed by atoms with E-state index < -0.39 is 35.8 Å². The summed E-state index contributed by atoms with van der Waals surface area (Å²) in [6.07, 6.45) is 6.15. The maximum absolute atomic E-state index is 14.2. The second kappa shape index (κ2) is 27.2. The average molecular weight is 1110 g/mol. The number of carbonyl (C=O) groups excluding carboxylic acids is 4. The number of aliphatic hydroxyl groups is 1. The number of piperazine rings is 1. The number of hydrogen-bond donors (Lipinski definition) is 4. The Labute approximate surface area is 463 Å². The third-order valence-corrected chi connectivity index (χ3v) is 15.6. The van der Waals surface area contributed by atoms with Crippen LogP contribution in [0.3, 0.4) is 0 Å². The van der Waals surface area contributed by atoms with E-state index in [1.54, 1.807) is 37.7 Å². The first kappa shape index (κ1) is 57.4. The lowest BCUT2D eigenvalue weighted by atomic mass is 9.91. The van der Waals surface area contributed by atoms with Crippen molar-refractivity contribution in [1.29, 1.82) is 0 Å². The van der Waals surface area contributed by atoms with E-state index >= 15 is 0 Å². The SMILES string of the molecule is COc1cc2ncnc(Nc3ccc(F)c(Cl)c3)c2cc1OCCCN1CCN(C(=O)CCCCCCCNC(=O)C[C@H](NC(=O)[C@@H]2C[C@@H](O)CN2C(=O)[C@@H](c2cc(C)no2)C(C)C)c2ccc(-c3scnc3C)cc2)CC1. The number of carbonyl (C=O) groups is 4. The average Bonchev–Trinajstić information content (AvgIpc) is 4.20. The van der Waals surface area contributed by atoms with Crippen LogP contribution in [0.25, 0.3) is 21.3 Å². The van der Waals surface area contributed by atoms with Crippen molar-refractivity contribution < 1.29 is 42.7 Å². The summed E-state index contributed by atoms with van der Waals surface area (Å²) in [5.41, 5.74) is 6.29. The summed E-state index contributed by atoms with van der Waals surface area (Å²) in [4.78, 5) is 74.9. The third-order valence-electron chi connectivity index (χ3n) is 14.4. The fourth-order valence-electron chi connectivity index (χ4n) is 10.1. The van der Waals surface area contributed by atoms with Gasteiger partial charge in [-0.15, -0.1) is 11.3 Å². The summed E-state index contributed by atoms with van der Waals surface area (Å²) in [6.45, 7) is 12.2. The molecule has 3 aromatic heterocycles. The number of benzene rings is 3. The molecular formula is C57H70ClFN10O8S. The minimum absolute atomic E-state index is 0.000230. The number of methoxy groups -OCH3 is 1. The molecule has 3 aromatic carbocycles. The second-order valence-corrected chi connectivity index (χ2v) is 21.7. The van der Waals surface area contributed by atoms with Crippen LogP contribution in [0, 0.1) is 25.6 Å². The van der Waals surface area contributed by atoms with Gasteiger partial charge in [-0.3, -0.25) is 24.1 Å². The Morgan fingerprint density at radius 3 is 2.40 bits per heavy atom. The van der Waals surface area contributed by atoms with Crippen molar-refractivity contribution in [1.82, 2.24) is 45.4 Å². The molecule has 0 spiro atoms. The van der Waals surface area contributed by atoms with Gasteiger partial charge in [-0.2, -0.15) is 0 Å². The third kappa shape index (κ3) is 14.9. The number of aryl methyl sites for hydroxylation is 2. The van der Waals surface area contributed by atoms with Crippen molar-refractivity contribution in [3.05, 3.63) is 106 Å². The number of anilines is 2. The Kier molecular flexibility index (Phi) is 20.0. The molecule has 18 nitrogen and oxygen atoms in total. The molecule has 0 radical (unpaired) electrons.